The third-order valence-corrected chi connectivity index (χ3v) is 2.92. The second-order valence-corrected chi connectivity index (χ2v) is 4.68. The molecule has 2 rings (SSSR count). The lowest BCUT2D eigenvalue weighted by Crippen LogP contribution is -1.85. The molecular formula is C9H4BrFIN. The van der Waals surface area contributed by atoms with Crippen LogP contribution in [0.15, 0.2) is 28.9 Å². The van der Waals surface area contributed by atoms with E-state index in [1.54, 1.807) is 24.4 Å². The van der Waals surface area contributed by atoms with Crippen LogP contribution in [-0.4, -0.2) is 4.98 Å². The Balaban J connectivity index is 2.89. The molecule has 0 saturated carbocycles. The van der Waals surface area contributed by atoms with Gasteiger partial charge < -0.3 is 0 Å². The number of hydrogen-bond donors (Lipinski definition) is 0. The first kappa shape index (κ1) is 9.33. The van der Waals surface area contributed by atoms with Crippen LogP contribution in [-0.2, 0) is 0 Å². The van der Waals surface area contributed by atoms with Crippen LogP contribution < -0.4 is 0 Å². The van der Waals surface area contributed by atoms with Gasteiger partial charge in [0.1, 0.15) is 5.82 Å². The van der Waals surface area contributed by atoms with Crippen LogP contribution in [0, 0.1) is 9.39 Å². The highest BCUT2D eigenvalue weighted by atomic mass is 127. The number of halogens is 3. The molecule has 0 bridgehead atoms. The minimum Gasteiger partial charge on any atom is -0.255 e. The van der Waals surface area contributed by atoms with Gasteiger partial charge in [-0.25, -0.2) is 4.39 Å². The monoisotopic (exact) mass is 351 g/mol. The van der Waals surface area contributed by atoms with Crippen LogP contribution in [0.25, 0.3) is 10.9 Å². The van der Waals surface area contributed by atoms with E-state index < -0.39 is 0 Å². The molecule has 13 heavy (non-hydrogen) atoms. The van der Waals surface area contributed by atoms with Gasteiger partial charge in [-0.1, -0.05) is 0 Å². The summed E-state index contributed by atoms with van der Waals surface area (Å²) in [7, 11) is 0. The first-order valence-corrected chi connectivity index (χ1v) is 5.45. The maximum Gasteiger partial charge on any atom is 0.146 e. The molecule has 0 saturated heterocycles. The first-order valence-electron chi connectivity index (χ1n) is 3.58. The molecule has 0 aliphatic heterocycles. The molecule has 0 spiro atoms. The number of nitrogens with zero attached hydrogens (tertiary/aromatic N) is 1. The summed E-state index contributed by atoms with van der Waals surface area (Å²) in [6.45, 7) is 0. The lowest BCUT2D eigenvalue weighted by Gasteiger charge is -2.00. The molecule has 0 aliphatic rings. The second-order valence-electron chi connectivity index (χ2n) is 2.58. The number of benzene rings is 1. The molecule has 66 valence electrons. The molecule has 1 nitrogen and oxygen atoms in total. The van der Waals surface area contributed by atoms with Gasteiger partial charge in [-0.2, -0.15) is 0 Å². The van der Waals surface area contributed by atoms with Crippen molar-refractivity contribution in [3.05, 3.63) is 38.3 Å². The fourth-order valence-electron chi connectivity index (χ4n) is 1.11. The van der Waals surface area contributed by atoms with E-state index in [0.29, 0.717) is 15.4 Å². The van der Waals surface area contributed by atoms with Crippen molar-refractivity contribution in [2.24, 2.45) is 0 Å². The topological polar surface area (TPSA) is 12.9 Å². The molecule has 0 fully saturated rings. The molecule has 2 aromatic rings. The molecular weight excluding hydrogens is 348 g/mol. The molecule has 0 N–H and O–H groups in total. The smallest absolute Gasteiger partial charge is 0.146 e. The second kappa shape index (κ2) is 3.49. The van der Waals surface area contributed by atoms with Gasteiger partial charge in [0.2, 0.25) is 0 Å². The Hall–Kier alpha value is -0.230. The number of fused-ring (bicyclic) bond motifs is 1. The van der Waals surface area contributed by atoms with Crippen LogP contribution in [0.3, 0.4) is 0 Å². The van der Waals surface area contributed by atoms with Crippen molar-refractivity contribution in [1.82, 2.24) is 4.98 Å². The van der Waals surface area contributed by atoms with Gasteiger partial charge in [-0.15, -0.1) is 0 Å². The molecule has 0 atom stereocenters. The zero-order chi connectivity index (χ0) is 9.42. The molecule has 1 aromatic carbocycles. The van der Waals surface area contributed by atoms with Crippen LogP contribution in [0.1, 0.15) is 0 Å². The maximum absolute atomic E-state index is 13.5. The zero-order valence-corrected chi connectivity index (χ0v) is 10.1. The Labute approximate surface area is 96.6 Å². The summed E-state index contributed by atoms with van der Waals surface area (Å²) in [4.78, 5) is 4.11. The van der Waals surface area contributed by atoms with Crippen molar-refractivity contribution in [1.29, 1.82) is 0 Å². The van der Waals surface area contributed by atoms with Gasteiger partial charge in [0, 0.05) is 15.2 Å². The lowest BCUT2D eigenvalue weighted by atomic mass is 10.2. The molecule has 4 heteroatoms. The van der Waals surface area contributed by atoms with Crippen molar-refractivity contribution >= 4 is 49.4 Å². The Kier molecular flexibility index (Phi) is 2.51. The van der Waals surface area contributed by atoms with Crippen molar-refractivity contribution < 1.29 is 4.39 Å². The minimum atomic E-state index is -0.247. The normalized spacial score (nSPS) is 10.7. The van der Waals surface area contributed by atoms with Gasteiger partial charge >= 0.3 is 0 Å². The Morgan fingerprint density at radius 1 is 1.38 bits per heavy atom. The van der Waals surface area contributed by atoms with Crippen molar-refractivity contribution in [3.8, 4) is 0 Å². The predicted octanol–water partition coefficient (Wildman–Crippen LogP) is 3.74. The van der Waals surface area contributed by atoms with E-state index in [4.69, 9.17) is 0 Å². The summed E-state index contributed by atoms with van der Waals surface area (Å²) >= 11 is 5.25. The quantitative estimate of drug-likeness (QED) is 0.659. The van der Waals surface area contributed by atoms with E-state index in [2.05, 4.69) is 43.5 Å². The Morgan fingerprint density at radius 3 is 2.92 bits per heavy atom. The molecule has 0 unspecified atom stereocenters. The standard InChI is InChI=1S/C9H4BrFIN/c10-7-1-2-8-6(9(7)11)3-5(12)4-13-8/h1-4H. The maximum atomic E-state index is 13.5. The van der Waals surface area contributed by atoms with Crippen molar-refractivity contribution in [2.75, 3.05) is 0 Å². The van der Waals surface area contributed by atoms with Crippen LogP contribution in [0.5, 0.6) is 0 Å². The lowest BCUT2D eigenvalue weighted by molar-refractivity contribution is 0.633. The largest absolute Gasteiger partial charge is 0.255 e. The fraction of sp³-hybridized carbons (Fsp3) is 0. The molecule has 0 amide bonds. The third kappa shape index (κ3) is 1.69. The van der Waals surface area contributed by atoms with Crippen molar-refractivity contribution in [2.45, 2.75) is 0 Å². The fourth-order valence-corrected chi connectivity index (χ4v) is 1.91. The van der Waals surface area contributed by atoms with E-state index in [1.807, 2.05) is 0 Å². The van der Waals surface area contributed by atoms with Gasteiger partial charge in [-0.05, 0) is 56.7 Å². The van der Waals surface area contributed by atoms with Gasteiger partial charge in [0.25, 0.3) is 0 Å². The van der Waals surface area contributed by atoms with Crippen LogP contribution >= 0.6 is 38.5 Å². The molecule has 0 radical (unpaired) electrons. The predicted molar refractivity (Wildman–Crippen MR) is 62.1 cm³/mol. The summed E-state index contributed by atoms with van der Waals surface area (Å²) in [6, 6.07) is 5.24. The Morgan fingerprint density at radius 2 is 2.15 bits per heavy atom. The molecule has 1 aromatic heterocycles. The van der Waals surface area contributed by atoms with Crippen LogP contribution in [0.4, 0.5) is 4.39 Å². The summed E-state index contributed by atoms with van der Waals surface area (Å²) in [5.74, 6) is -0.247. The highest BCUT2D eigenvalue weighted by Crippen LogP contribution is 2.24. The summed E-state index contributed by atoms with van der Waals surface area (Å²) in [6.07, 6.45) is 1.72. The average molecular weight is 352 g/mol. The van der Waals surface area contributed by atoms with E-state index >= 15 is 0 Å². The van der Waals surface area contributed by atoms with Gasteiger partial charge in [0.15, 0.2) is 0 Å². The number of hydrogen-bond acceptors (Lipinski definition) is 1. The van der Waals surface area contributed by atoms with Gasteiger partial charge in [0.05, 0.1) is 9.99 Å². The summed E-state index contributed by atoms with van der Waals surface area (Å²) < 4.78 is 14.9. The third-order valence-electron chi connectivity index (χ3n) is 1.72. The highest BCUT2D eigenvalue weighted by molar-refractivity contribution is 14.1. The molecule has 0 aliphatic carbocycles. The van der Waals surface area contributed by atoms with E-state index in [0.717, 1.165) is 3.57 Å². The number of pyridine rings is 1. The summed E-state index contributed by atoms with van der Waals surface area (Å²) in [5, 5.41) is 0.557. The SMILES string of the molecule is Fc1c(Br)ccc2ncc(I)cc12. The van der Waals surface area contributed by atoms with Crippen molar-refractivity contribution in [3.63, 3.8) is 0 Å². The molecule has 1 heterocycles. The number of rotatable bonds is 0. The van der Waals surface area contributed by atoms with Crippen LogP contribution in [0.2, 0.25) is 0 Å². The van der Waals surface area contributed by atoms with E-state index in [1.165, 1.54) is 0 Å². The average Bonchev–Trinajstić information content (AvgIpc) is 2.12. The van der Waals surface area contributed by atoms with Gasteiger partial charge in [-0.3, -0.25) is 4.98 Å². The van der Waals surface area contributed by atoms with E-state index in [-0.39, 0.29) is 5.82 Å². The Bertz CT molecular complexity index is 467. The zero-order valence-electron chi connectivity index (χ0n) is 6.39. The minimum absolute atomic E-state index is 0.247. The first-order chi connectivity index (χ1) is 6.18. The summed E-state index contributed by atoms with van der Waals surface area (Å²) in [5.41, 5.74) is 0.682. The highest BCUT2D eigenvalue weighted by Gasteiger charge is 2.05. The van der Waals surface area contributed by atoms with E-state index in [9.17, 15) is 4.39 Å². The number of aromatic nitrogens is 1.